The molecule has 0 saturated carbocycles. The first kappa shape index (κ1) is 14.1. The standard InChI is InChI=1S/C16H19NOS/c1-19-9-8-15(17)16(18)11-12-6-7-13-4-2-3-5-14(13)10-12/h2-7,10,15H,8-9,11,17H2,1H3. The third-order valence-electron chi connectivity index (χ3n) is 3.24. The summed E-state index contributed by atoms with van der Waals surface area (Å²) in [6.45, 7) is 0. The molecule has 0 radical (unpaired) electrons. The Balaban J connectivity index is 2.06. The van der Waals surface area contributed by atoms with Crippen molar-refractivity contribution >= 4 is 28.3 Å². The van der Waals surface area contributed by atoms with Crippen LogP contribution in [0, 0.1) is 0 Å². The largest absolute Gasteiger partial charge is 0.321 e. The van der Waals surface area contributed by atoms with Crippen LogP contribution in [0.5, 0.6) is 0 Å². The summed E-state index contributed by atoms with van der Waals surface area (Å²) < 4.78 is 0. The fourth-order valence-corrected chi connectivity index (χ4v) is 2.58. The quantitative estimate of drug-likeness (QED) is 0.879. The van der Waals surface area contributed by atoms with Gasteiger partial charge in [0.05, 0.1) is 6.04 Å². The Kier molecular flexibility index (Phi) is 5.00. The van der Waals surface area contributed by atoms with Gasteiger partial charge < -0.3 is 5.73 Å². The number of nitrogens with two attached hydrogens (primary N) is 1. The molecule has 3 heteroatoms. The molecule has 0 bridgehead atoms. The zero-order valence-electron chi connectivity index (χ0n) is 11.1. The normalized spacial score (nSPS) is 12.5. The van der Waals surface area contributed by atoms with E-state index in [9.17, 15) is 4.79 Å². The van der Waals surface area contributed by atoms with Crippen molar-refractivity contribution < 1.29 is 4.79 Å². The topological polar surface area (TPSA) is 43.1 Å². The second-order valence-corrected chi connectivity index (χ2v) is 5.70. The van der Waals surface area contributed by atoms with E-state index in [-0.39, 0.29) is 11.8 Å². The fraction of sp³-hybridized carbons (Fsp3) is 0.312. The predicted octanol–water partition coefficient (Wildman–Crippen LogP) is 3.03. The van der Waals surface area contributed by atoms with Crippen molar-refractivity contribution in [3.05, 3.63) is 48.0 Å². The van der Waals surface area contributed by atoms with Gasteiger partial charge in [0.1, 0.15) is 0 Å². The van der Waals surface area contributed by atoms with E-state index < -0.39 is 0 Å². The second-order valence-electron chi connectivity index (χ2n) is 4.71. The maximum atomic E-state index is 12.0. The number of fused-ring (bicyclic) bond motifs is 1. The van der Waals surface area contributed by atoms with Gasteiger partial charge in [-0.15, -0.1) is 0 Å². The first-order valence-electron chi connectivity index (χ1n) is 6.45. The molecule has 2 aromatic rings. The van der Waals surface area contributed by atoms with Gasteiger partial charge in [-0.2, -0.15) is 11.8 Å². The SMILES string of the molecule is CSCCC(N)C(=O)Cc1ccc2ccccc2c1. The highest BCUT2D eigenvalue weighted by molar-refractivity contribution is 7.98. The summed E-state index contributed by atoms with van der Waals surface area (Å²) in [5.41, 5.74) is 6.95. The van der Waals surface area contributed by atoms with Crippen LogP contribution < -0.4 is 5.73 Å². The molecule has 0 spiro atoms. The van der Waals surface area contributed by atoms with E-state index in [0.29, 0.717) is 6.42 Å². The van der Waals surface area contributed by atoms with E-state index in [4.69, 9.17) is 5.73 Å². The number of ketones is 1. The minimum atomic E-state index is -0.334. The fourth-order valence-electron chi connectivity index (χ4n) is 2.09. The molecule has 2 N–H and O–H groups in total. The molecule has 0 aliphatic carbocycles. The van der Waals surface area contributed by atoms with Crippen molar-refractivity contribution in [2.24, 2.45) is 5.73 Å². The van der Waals surface area contributed by atoms with Gasteiger partial charge in [-0.1, -0.05) is 42.5 Å². The Morgan fingerprint density at radius 3 is 2.68 bits per heavy atom. The summed E-state index contributed by atoms with van der Waals surface area (Å²) >= 11 is 1.72. The van der Waals surface area contributed by atoms with Gasteiger partial charge in [-0.05, 0) is 34.8 Å². The average Bonchev–Trinajstić information content (AvgIpc) is 2.44. The van der Waals surface area contributed by atoms with Crippen molar-refractivity contribution in [2.75, 3.05) is 12.0 Å². The Morgan fingerprint density at radius 1 is 1.21 bits per heavy atom. The molecule has 2 nitrogen and oxygen atoms in total. The number of carbonyl (C=O) groups is 1. The number of benzene rings is 2. The molecule has 2 rings (SSSR count). The third kappa shape index (κ3) is 3.82. The van der Waals surface area contributed by atoms with Gasteiger partial charge in [0.15, 0.2) is 5.78 Å². The number of hydrogen-bond donors (Lipinski definition) is 1. The molecule has 0 aliphatic rings. The number of hydrogen-bond acceptors (Lipinski definition) is 3. The highest BCUT2D eigenvalue weighted by Gasteiger charge is 2.13. The van der Waals surface area contributed by atoms with Crippen molar-refractivity contribution in [3.8, 4) is 0 Å². The lowest BCUT2D eigenvalue weighted by Crippen LogP contribution is -2.32. The highest BCUT2D eigenvalue weighted by atomic mass is 32.2. The molecule has 2 aromatic carbocycles. The summed E-state index contributed by atoms with van der Waals surface area (Å²) in [5.74, 6) is 1.06. The summed E-state index contributed by atoms with van der Waals surface area (Å²) in [4.78, 5) is 12.0. The first-order chi connectivity index (χ1) is 9.20. The maximum Gasteiger partial charge on any atom is 0.153 e. The van der Waals surface area contributed by atoms with E-state index in [1.807, 2.05) is 24.5 Å². The Bertz CT molecular complexity index is 567. The van der Waals surface area contributed by atoms with Crippen LogP contribution in [0.2, 0.25) is 0 Å². The third-order valence-corrected chi connectivity index (χ3v) is 3.88. The van der Waals surface area contributed by atoms with Crippen LogP contribution in [-0.4, -0.2) is 23.8 Å². The number of carbonyl (C=O) groups excluding carboxylic acids is 1. The molecule has 1 unspecified atom stereocenters. The monoisotopic (exact) mass is 273 g/mol. The minimum Gasteiger partial charge on any atom is -0.321 e. The molecule has 0 fully saturated rings. The molecule has 0 aliphatic heterocycles. The molecule has 0 aromatic heterocycles. The van der Waals surface area contributed by atoms with Gasteiger partial charge in [0, 0.05) is 6.42 Å². The molecule has 0 saturated heterocycles. The van der Waals surface area contributed by atoms with Crippen molar-refractivity contribution in [3.63, 3.8) is 0 Å². The molecular weight excluding hydrogens is 254 g/mol. The van der Waals surface area contributed by atoms with E-state index in [2.05, 4.69) is 24.3 Å². The lowest BCUT2D eigenvalue weighted by Gasteiger charge is -2.10. The Labute approximate surface area is 118 Å². The molecule has 19 heavy (non-hydrogen) atoms. The summed E-state index contributed by atoms with van der Waals surface area (Å²) in [5, 5.41) is 2.37. The van der Waals surface area contributed by atoms with Crippen LogP contribution in [-0.2, 0) is 11.2 Å². The van der Waals surface area contributed by atoms with Crippen LogP contribution in [0.3, 0.4) is 0 Å². The zero-order chi connectivity index (χ0) is 13.7. The summed E-state index contributed by atoms with van der Waals surface area (Å²) in [6.07, 6.45) is 3.22. The van der Waals surface area contributed by atoms with Crippen LogP contribution in [0.25, 0.3) is 10.8 Å². The Hall–Kier alpha value is -1.32. The summed E-state index contributed by atoms with van der Waals surface area (Å²) in [6, 6.07) is 14.0. The average molecular weight is 273 g/mol. The first-order valence-corrected chi connectivity index (χ1v) is 7.85. The van der Waals surface area contributed by atoms with E-state index in [1.54, 1.807) is 11.8 Å². The minimum absolute atomic E-state index is 0.129. The van der Waals surface area contributed by atoms with Crippen LogP contribution in [0.4, 0.5) is 0 Å². The highest BCUT2D eigenvalue weighted by Crippen LogP contribution is 2.16. The molecule has 1 atom stereocenters. The number of thioether (sulfide) groups is 1. The maximum absolute atomic E-state index is 12.0. The number of Topliss-reactive ketones (excluding diaryl/α,β-unsaturated/α-hetero) is 1. The van der Waals surface area contributed by atoms with Crippen molar-refractivity contribution in [1.29, 1.82) is 0 Å². The molecular formula is C16H19NOS. The predicted molar refractivity (Wildman–Crippen MR) is 83.6 cm³/mol. The zero-order valence-corrected chi connectivity index (χ0v) is 12.0. The van der Waals surface area contributed by atoms with E-state index in [1.165, 1.54) is 10.8 Å². The van der Waals surface area contributed by atoms with Gasteiger partial charge in [0.2, 0.25) is 0 Å². The van der Waals surface area contributed by atoms with Crippen molar-refractivity contribution in [1.82, 2.24) is 0 Å². The smallest absolute Gasteiger partial charge is 0.153 e. The summed E-state index contributed by atoms with van der Waals surface area (Å²) in [7, 11) is 0. The lowest BCUT2D eigenvalue weighted by molar-refractivity contribution is -0.119. The molecule has 100 valence electrons. The van der Waals surface area contributed by atoms with Crippen LogP contribution in [0.15, 0.2) is 42.5 Å². The van der Waals surface area contributed by atoms with E-state index in [0.717, 1.165) is 17.7 Å². The Morgan fingerprint density at radius 2 is 1.95 bits per heavy atom. The van der Waals surface area contributed by atoms with Crippen molar-refractivity contribution in [2.45, 2.75) is 18.9 Å². The van der Waals surface area contributed by atoms with Gasteiger partial charge in [-0.3, -0.25) is 4.79 Å². The van der Waals surface area contributed by atoms with Gasteiger partial charge >= 0.3 is 0 Å². The van der Waals surface area contributed by atoms with Gasteiger partial charge in [-0.25, -0.2) is 0 Å². The van der Waals surface area contributed by atoms with Crippen LogP contribution in [0.1, 0.15) is 12.0 Å². The lowest BCUT2D eigenvalue weighted by atomic mass is 10.00. The molecule has 0 heterocycles. The second kappa shape index (κ2) is 6.73. The van der Waals surface area contributed by atoms with Crippen LogP contribution >= 0.6 is 11.8 Å². The van der Waals surface area contributed by atoms with Gasteiger partial charge in [0.25, 0.3) is 0 Å². The molecule has 0 amide bonds. The van der Waals surface area contributed by atoms with E-state index >= 15 is 0 Å². The number of rotatable bonds is 6.